The van der Waals surface area contributed by atoms with Crippen molar-refractivity contribution < 1.29 is 38.5 Å². The number of hydrogen-bond acceptors (Lipinski definition) is 0. The first-order valence-corrected chi connectivity index (χ1v) is 8.05. The molecule has 0 saturated carbocycles. The van der Waals surface area contributed by atoms with Crippen LogP contribution in [0.4, 0.5) is 17.3 Å². The fraction of sp³-hybridized carbons (Fsp3) is 0.143. The molecule has 0 amide bonds. The molecule has 0 aromatic heterocycles. The molecule has 0 spiro atoms. The minimum absolute atomic E-state index is 0.00313. The normalized spacial score (nSPS) is 10.7. The van der Waals surface area contributed by atoms with Crippen LogP contribution in [0.3, 0.4) is 0 Å². The Morgan fingerprint density at radius 1 is 0.650 bits per heavy atom. The molecule has 20 heavy (non-hydrogen) atoms. The van der Waals surface area contributed by atoms with E-state index in [1.54, 1.807) is 0 Å². The van der Waals surface area contributed by atoms with E-state index in [1.807, 2.05) is 0 Å². The van der Waals surface area contributed by atoms with E-state index in [-0.39, 0.29) is 21.2 Å². The molecule has 0 nitrogen and oxygen atoms in total. The van der Waals surface area contributed by atoms with Crippen molar-refractivity contribution in [2.45, 2.75) is 13.8 Å². The molecule has 6 heteroatoms. The Morgan fingerprint density at radius 2 is 0.900 bits per heavy atom. The maximum atomic E-state index is 9.75. The van der Waals surface area contributed by atoms with Gasteiger partial charge in [-0.3, -0.25) is 0 Å². The van der Waals surface area contributed by atoms with Crippen LogP contribution in [0.1, 0.15) is 11.1 Å². The number of halogens is 5. The number of rotatable bonds is 2. The van der Waals surface area contributed by atoms with E-state index >= 15 is 0 Å². The Hall–Kier alpha value is -1.05. The molecule has 108 valence electrons. The zero-order valence-electron chi connectivity index (χ0n) is 11.1. The van der Waals surface area contributed by atoms with Gasteiger partial charge in [-0.1, -0.05) is 35.4 Å². The van der Waals surface area contributed by atoms with Crippen molar-refractivity contribution >= 4 is 7.25 Å². The van der Waals surface area contributed by atoms with E-state index < -0.39 is 7.25 Å². The Balaban J connectivity index is 0.000000347. The van der Waals surface area contributed by atoms with Crippen molar-refractivity contribution in [3.8, 4) is 0 Å². The molecule has 0 aliphatic rings. The molecule has 0 aliphatic heterocycles. The van der Waals surface area contributed by atoms with Crippen LogP contribution in [0.15, 0.2) is 48.5 Å². The highest BCUT2D eigenvalue weighted by atomic mass is 127. The van der Waals surface area contributed by atoms with Gasteiger partial charge in [0, 0.05) is 0 Å². The van der Waals surface area contributed by atoms with E-state index in [0.717, 1.165) is 0 Å². The molecule has 0 radical (unpaired) electrons. The Morgan fingerprint density at radius 3 is 1.15 bits per heavy atom. The molecule has 2 aromatic carbocycles. The first-order valence-electron chi connectivity index (χ1n) is 5.89. The molecule has 2 aromatic rings. The minimum atomic E-state index is -6.00. The van der Waals surface area contributed by atoms with E-state index in [4.69, 9.17) is 0 Å². The van der Waals surface area contributed by atoms with Crippen molar-refractivity contribution in [1.29, 1.82) is 0 Å². The summed E-state index contributed by atoms with van der Waals surface area (Å²) >= 11 is 0.00313. The first-order chi connectivity index (χ1) is 9.24. The van der Waals surface area contributed by atoms with Crippen LogP contribution >= 0.6 is 0 Å². The second-order valence-electron chi connectivity index (χ2n) is 4.18. The van der Waals surface area contributed by atoms with Gasteiger partial charge in [0.05, 0.1) is 0 Å². The lowest BCUT2D eigenvalue weighted by Gasteiger charge is -1.94. The molecule has 2 rings (SSSR count). The third kappa shape index (κ3) is 8.19. The highest BCUT2D eigenvalue weighted by Gasteiger charge is 2.20. The number of aryl methyl sites for hydroxylation is 2. The summed E-state index contributed by atoms with van der Waals surface area (Å²) in [6, 6.07) is 17.8. The van der Waals surface area contributed by atoms with Crippen LogP contribution in [-0.2, 0) is 0 Å². The van der Waals surface area contributed by atoms with Crippen LogP contribution in [0.25, 0.3) is 0 Å². The fourth-order valence-electron chi connectivity index (χ4n) is 1.32. The van der Waals surface area contributed by atoms with Crippen molar-refractivity contribution in [2.75, 3.05) is 0 Å². The third-order valence-corrected chi connectivity index (χ3v) is 4.92. The van der Waals surface area contributed by atoms with Gasteiger partial charge in [-0.05, 0) is 38.1 Å². The van der Waals surface area contributed by atoms with Crippen LogP contribution < -0.4 is 21.2 Å². The van der Waals surface area contributed by atoms with Gasteiger partial charge in [0.15, 0.2) is 7.14 Å². The van der Waals surface area contributed by atoms with Gasteiger partial charge >= 0.3 is 28.5 Å². The second kappa shape index (κ2) is 7.66. The van der Waals surface area contributed by atoms with Crippen LogP contribution in [0.2, 0.25) is 0 Å². The van der Waals surface area contributed by atoms with E-state index in [1.165, 1.54) is 18.3 Å². The Labute approximate surface area is 126 Å². The van der Waals surface area contributed by atoms with Gasteiger partial charge in [0.25, 0.3) is 0 Å². The summed E-state index contributed by atoms with van der Waals surface area (Å²) < 4.78 is 42.0. The van der Waals surface area contributed by atoms with Crippen molar-refractivity contribution in [3.05, 3.63) is 66.8 Å². The van der Waals surface area contributed by atoms with Gasteiger partial charge in [-0.15, -0.1) is 0 Å². The molecule has 0 saturated heterocycles. The maximum Gasteiger partial charge on any atom is 0.673 e. The summed E-state index contributed by atoms with van der Waals surface area (Å²) in [5, 5.41) is 0. The third-order valence-electron chi connectivity index (χ3n) is 2.24. The van der Waals surface area contributed by atoms with Crippen LogP contribution in [0, 0.1) is 21.0 Å². The van der Waals surface area contributed by atoms with E-state index in [2.05, 4.69) is 62.4 Å². The standard InChI is InChI=1S/C14H14I.BF4/c1-11-3-7-13(8-4-11)15-14-9-5-12(2)6-10-14;2-1(3,4)5/h3-10H,1-2H3;/q+1;-1. The van der Waals surface area contributed by atoms with Gasteiger partial charge in [-0.2, -0.15) is 0 Å². The highest BCUT2D eigenvalue weighted by Crippen LogP contribution is 2.06. The summed E-state index contributed by atoms with van der Waals surface area (Å²) in [6.07, 6.45) is 0. The van der Waals surface area contributed by atoms with Crippen molar-refractivity contribution in [2.24, 2.45) is 0 Å². The van der Waals surface area contributed by atoms with Gasteiger partial charge in [0.1, 0.15) is 0 Å². The van der Waals surface area contributed by atoms with Crippen molar-refractivity contribution in [3.63, 3.8) is 0 Å². The first kappa shape index (κ1) is 17.0. The average molecular weight is 396 g/mol. The summed E-state index contributed by atoms with van der Waals surface area (Å²) in [5.41, 5.74) is 2.68. The molecular weight excluding hydrogens is 382 g/mol. The molecule has 0 N–H and O–H groups in total. The summed E-state index contributed by atoms with van der Waals surface area (Å²) in [4.78, 5) is 0. The molecule has 0 fully saturated rings. The molecule has 0 aliphatic carbocycles. The van der Waals surface area contributed by atoms with Crippen molar-refractivity contribution in [1.82, 2.24) is 0 Å². The molecule has 0 heterocycles. The van der Waals surface area contributed by atoms with E-state index in [9.17, 15) is 17.3 Å². The summed E-state index contributed by atoms with van der Waals surface area (Å²) in [5.74, 6) is 0. The largest absolute Gasteiger partial charge is 0.673 e. The lowest BCUT2D eigenvalue weighted by molar-refractivity contribution is -0.597. The Bertz CT molecular complexity index is 471. The van der Waals surface area contributed by atoms with Gasteiger partial charge in [0.2, 0.25) is 0 Å². The quantitative estimate of drug-likeness (QED) is 0.413. The molecule has 0 bridgehead atoms. The lowest BCUT2D eigenvalue weighted by atomic mass is 10.2. The monoisotopic (exact) mass is 396 g/mol. The molecular formula is C14H14BF4I. The zero-order chi connectivity index (χ0) is 15.2. The molecule has 0 unspecified atom stereocenters. The Kier molecular flexibility index (Phi) is 6.52. The topological polar surface area (TPSA) is 0 Å². The van der Waals surface area contributed by atoms with E-state index in [0.29, 0.717) is 0 Å². The van der Waals surface area contributed by atoms with Gasteiger partial charge in [-0.25, -0.2) is 0 Å². The minimum Gasteiger partial charge on any atom is -0.418 e. The number of benzene rings is 2. The SMILES string of the molecule is Cc1ccc([I+]c2ccc(C)cc2)cc1.F[B-](F)(F)F. The average Bonchev–Trinajstić information content (AvgIpc) is 2.33. The lowest BCUT2D eigenvalue weighted by Crippen LogP contribution is -3.61. The second-order valence-corrected chi connectivity index (χ2v) is 7.21. The smallest absolute Gasteiger partial charge is 0.418 e. The number of hydrogen-bond donors (Lipinski definition) is 0. The summed E-state index contributed by atoms with van der Waals surface area (Å²) in [6.45, 7) is 4.27. The predicted octanol–water partition coefficient (Wildman–Crippen LogP) is 1.73. The zero-order valence-corrected chi connectivity index (χ0v) is 13.2. The fourth-order valence-corrected chi connectivity index (χ4v) is 3.48. The van der Waals surface area contributed by atoms with Crippen LogP contribution in [-0.4, -0.2) is 7.25 Å². The predicted molar refractivity (Wildman–Crippen MR) is 69.9 cm³/mol. The summed E-state index contributed by atoms with van der Waals surface area (Å²) in [7, 11) is -6.00. The maximum absolute atomic E-state index is 9.75. The van der Waals surface area contributed by atoms with Crippen LogP contribution in [0.5, 0.6) is 0 Å². The highest BCUT2D eigenvalue weighted by molar-refractivity contribution is 6.50. The molecule has 0 atom stereocenters. The van der Waals surface area contributed by atoms with Gasteiger partial charge < -0.3 is 17.3 Å².